The van der Waals surface area contributed by atoms with E-state index in [0.717, 1.165) is 11.1 Å². The Balaban J connectivity index is 1.99. The van der Waals surface area contributed by atoms with Crippen LogP contribution in [0.3, 0.4) is 0 Å². The van der Waals surface area contributed by atoms with Gasteiger partial charge in [-0.3, -0.25) is 14.4 Å². The van der Waals surface area contributed by atoms with Crippen molar-refractivity contribution in [2.75, 3.05) is 19.4 Å². The zero-order chi connectivity index (χ0) is 21.3. The van der Waals surface area contributed by atoms with Crippen molar-refractivity contribution in [1.29, 1.82) is 0 Å². The molecule has 0 aromatic heterocycles. The van der Waals surface area contributed by atoms with Gasteiger partial charge in [0.2, 0.25) is 11.8 Å². The summed E-state index contributed by atoms with van der Waals surface area (Å²) < 4.78 is 14.0. The van der Waals surface area contributed by atoms with Gasteiger partial charge in [-0.2, -0.15) is 0 Å². The average molecular weight is 397 g/mol. The molecule has 0 fully saturated rings. The molecule has 6 nitrogen and oxygen atoms in total. The molecule has 1 aliphatic heterocycles. The molecule has 7 heteroatoms. The molecule has 0 bridgehead atoms. The molecule has 2 aromatic carbocycles. The summed E-state index contributed by atoms with van der Waals surface area (Å²) in [4.78, 5) is 40.3. The number of hydrogen-bond acceptors (Lipinski definition) is 3. The average Bonchev–Trinajstić information content (AvgIpc) is 2.67. The van der Waals surface area contributed by atoms with Crippen molar-refractivity contribution < 1.29 is 18.8 Å². The van der Waals surface area contributed by atoms with Gasteiger partial charge in [-0.05, 0) is 47.9 Å². The first kappa shape index (κ1) is 20.5. The molecule has 0 aliphatic carbocycles. The van der Waals surface area contributed by atoms with Gasteiger partial charge in [0.15, 0.2) is 0 Å². The second kappa shape index (κ2) is 8.03. The third-order valence-corrected chi connectivity index (χ3v) is 5.06. The van der Waals surface area contributed by atoms with E-state index in [1.165, 1.54) is 22.8 Å². The van der Waals surface area contributed by atoms with Crippen LogP contribution in [0.4, 0.5) is 10.1 Å². The van der Waals surface area contributed by atoms with E-state index in [2.05, 4.69) is 5.32 Å². The third kappa shape index (κ3) is 4.29. The standard InChI is InChI=1S/C22H24FN3O3/c1-13-5-6-16(10-19(13)23)21(28)26-12-17-9-18(24-14(2)27)8-7-15(17)11-20(26)22(29)25(3)4/h5-10,20H,11-12H2,1-4H3,(H,24,27). The summed E-state index contributed by atoms with van der Waals surface area (Å²) in [5.74, 6) is -1.25. The maximum absolute atomic E-state index is 14.0. The molecule has 0 saturated carbocycles. The highest BCUT2D eigenvalue weighted by atomic mass is 19.1. The Labute approximate surface area is 169 Å². The summed E-state index contributed by atoms with van der Waals surface area (Å²) in [5, 5.41) is 2.73. The number of carbonyl (C=O) groups excluding carboxylic acids is 3. The van der Waals surface area contributed by atoms with Gasteiger partial charge in [-0.15, -0.1) is 0 Å². The van der Waals surface area contributed by atoms with Crippen molar-refractivity contribution in [3.8, 4) is 0 Å². The monoisotopic (exact) mass is 397 g/mol. The van der Waals surface area contributed by atoms with Crippen molar-refractivity contribution in [3.63, 3.8) is 0 Å². The third-order valence-electron chi connectivity index (χ3n) is 5.06. The van der Waals surface area contributed by atoms with E-state index in [0.29, 0.717) is 17.7 Å². The summed E-state index contributed by atoms with van der Waals surface area (Å²) in [6.45, 7) is 3.25. The van der Waals surface area contributed by atoms with E-state index in [-0.39, 0.29) is 23.9 Å². The van der Waals surface area contributed by atoms with E-state index in [4.69, 9.17) is 0 Å². The predicted octanol–water partition coefficient (Wildman–Crippen LogP) is 2.75. The van der Waals surface area contributed by atoms with Crippen LogP contribution in [-0.2, 0) is 22.6 Å². The molecule has 152 valence electrons. The van der Waals surface area contributed by atoms with Gasteiger partial charge in [0, 0.05) is 45.2 Å². The Hall–Kier alpha value is -3.22. The molecule has 1 aliphatic rings. The highest BCUT2D eigenvalue weighted by molar-refractivity contribution is 5.98. The number of likely N-dealkylation sites (N-methyl/N-ethyl adjacent to an activating group) is 1. The van der Waals surface area contributed by atoms with Gasteiger partial charge in [-0.25, -0.2) is 4.39 Å². The van der Waals surface area contributed by atoms with Crippen LogP contribution in [0.15, 0.2) is 36.4 Å². The Bertz CT molecular complexity index is 987. The van der Waals surface area contributed by atoms with E-state index in [9.17, 15) is 18.8 Å². The number of nitrogens with one attached hydrogen (secondary N) is 1. The predicted molar refractivity (Wildman–Crippen MR) is 108 cm³/mol. The highest BCUT2D eigenvalue weighted by Crippen LogP contribution is 2.28. The number of aryl methyl sites for hydroxylation is 1. The zero-order valence-corrected chi connectivity index (χ0v) is 17.0. The van der Waals surface area contributed by atoms with Crippen molar-refractivity contribution in [2.45, 2.75) is 32.9 Å². The summed E-state index contributed by atoms with van der Waals surface area (Å²) in [6, 6.07) is 9.11. The summed E-state index contributed by atoms with van der Waals surface area (Å²) >= 11 is 0. The van der Waals surface area contributed by atoms with E-state index >= 15 is 0 Å². The molecule has 3 rings (SSSR count). The minimum atomic E-state index is -0.680. The molecule has 0 spiro atoms. The molecular weight excluding hydrogens is 373 g/mol. The SMILES string of the molecule is CC(=O)Nc1ccc2c(c1)CN(C(=O)c1ccc(C)c(F)c1)C(C(=O)N(C)C)C2. The van der Waals surface area contributed by atoms with Crippen LogP contribution < -0.4 is 5.32 Å². The smallest absolute Gasteiger partial charge is 0.254 e. The number of amides is 3. The quantitative estimate of drug-likeness (QED) is 0.866. The fraction of sp³-hybridized carbons (Fsp3) is 0.318. The van der Waals surface area contributed by atoms with Crippen molar-refractivity contribution in [3.05, 3.63) is 64.5 Å². The van der Waals surface area contributed by atoms with E-state index in [1.54, 1.807) is 39.2 Å². The van der Waals surface area contributed by atoms with Crippen molar-refractivity contribution >= 4 is 23.4 Å². The lowest BCUT2D eigenvalue weighted by molar-refractivity contribution is -0.134. The molecule has 0 saturated heterocycles. The van der Waals surface area contributed by atoms with Crippen LogP contribution in [0, 0.1) is 12.7 Å². The Kier molecular flexibility index (Phi) is 5.68. The van der Waals surface area contributed by atoms with Crippen LogP contribution in [-0.4, -0.2) is 47.7 Å². The Morgan fingerprint density at radius 1 is 1.10 bits per heavy atom. The summed E-state index contributed by atoms with van der Waals surface area (Å²) in [7, 11) is 3.29. The molecule has 3 amide bonds. The first-order chi connectivity index (χ1) is 13.7. The van der Waals surface area contributed by atoms with Crippen LogP contribution in [0.25, 0.3) is 0 Å². The van der Waals surface area contributed by atoms with Gasteiger partial charge in [0.1, 0.15) is 11.9 Å². The minimum Gasteiger partial charge on any atom is -0.347 e. The largest absolute Gasteiger partial charge is 0.347 e. The van der Waals surface area contributed by atoms with Gasteiger partial charge < -0.3 is 15.1 Å². The van der Waals surface area contributed by atoms with Gasteiger partial charge in [0.25, 0.3) is 5.91 Å². The van der Waals surface area contributed by atoms with Gasteiger partial charge in [-0.1, -0.05) is 12.1 Å². The summed E-state index contributed by atoms with van der Waals surface area (Å²) in [6.07, 6.45) is 0.354. The molecule has 1 unspecified atom stereocenters. The van der Waals surface area contributed by atoms with Crippen molar-refractivity contribution in [1.82, 2.24) is 9.80 Å². The van der Waals surface area contributed by atoms with Gasteiger partial charge in [0.05, 0.1) is 0 Å². The summed E-state index contributed by atoms with van der Waals surface area (Å²) in [5.41, 5.74) is 3.07. The van der Waals surface area contributed by atoms with E-state index < -0.39 is 17.8 Å². The van der Waals surface area contributed by atoms with Gasteiger partial charge >= 0.3 is 0 Å². The lowest BCUT2D eigenvalue weighted by Crippen LogP contribution is -2.52. The number of anilines is 1. The lowest BCUT2D eigenvalue weighted by atomic mass is 9.92. The maximum atomic E-state index is 14.0. The number of nitrogens with zero attached hydrogens (tertiary/aromatic N) is 2. The van der Waals surface area contributed by atoms with Crippen molar-refractivity contribution in [2.24, 2.45) is 0 Å². The second-order valence-corrected chi connectivity index (χ2v) is 7.51. The molecule has 1 heterocycles. The Morgan fingerprint density at radius 3 is 2.45 bits per heavy atom. The fourth-order valence-corrected chi connectivity index (χ4v) is 3.49. The van der Waals surface area contributed by atoms with Crippen LogP contribution >= 0.6 is 0 Å². The normalized spacial score (nSPS) is 15.5. The topological polar surface area (TPSA) is 69.7 Å². The van der Waals surface area contributed by atoms with E-state index in [1.807, 2.05) is 12.1 Å². The first-order valence-corrected chi connectivity index (χ1v) is 9.35. The number of hydrogen-bond donors (Lipinski definition) is 1. The fourth-order valence-electron chi connectivity index (χ4n) is 3.49. The lowest BCUT2D eigenvalue weighted by Gasteiger charge is -2.37. The first-order valence-electron chi connectivity index (χ1n) is 9.35. The maximum Gasteiger partial charge on any atom is 0.254 e. The van der Waals surface area contributed by atoms with Crippen LogP contribution in [0.5, 0.6) is 0 Å². The second-order valence-electron chi connectivity index (χ2n) is 7.51. The number of benzene rings is 2. The Morgan fingerprint density at radius 2 is 1.83 bits per heavy atom. The number of fused-ring (bicyclic) bond motifs is 1. The van der Waals surface area contributed by atoms with Crippen LogP contribution in [0.2, 0.25) is 0 Å². The molecule has 0 radical (unpaired) electrons. The van der Waals surface area contributed by atoms with Crippen LogP contribution in [0.1, 0.15) is 34.0 Å². The molecule has 1 atom stereocenters. The number of carbonyl (C=O) groups is 3. The number of rotatable bonds is 3. The molecular formula is C22H24FN3O3. The minimum absolute atomic E-state index is 0.190. The molecule has 29 heavy (non-hydrogen) atoms. The molecule has 2 aromatic rings. The number of halogens is 1. The highest BCUT2D eigenvalue weighted by Gasteiger charge is 2.36. The molecule has 1 N–H and O–H groups in total. The zero-order valence-electron chi connectivity index (χ0n) is 17.0.